The second-order valence-corrected chi connectivity index (χ2v) is 7.74. The summed E-state index contributed by atoms with van der Waals surface area (Å²) in [6.07, 6.45) is -0.403. The lowest BCUT2D eigenvalue weighted by Crippen LogP contribution is -3.27. The molecule has 2 aromatic carbocycles. The standard InChI is InChI=1S/C22H30N4O2/c1-24(2)19-11-9-18(10-12-19)21(26-15-13-25(3)14-16-26)17-23-22(27)28-20-7-5-4-6-8-20/h4-12,21H,13-17H2,1-3H3,(H,23,27)/p+2/t21-/m0/s1. The van der Waals surface area contributed by atoms with Gasteiger partial charge in [-0.1, -0.05) is 30.3 Å². The van der Waals surface area contributed by atoms with Crippen molar-refractivity contribution in [3.05, 3.63) is 60.2 Å². The average molecular weight is 385 g/mol. The molecule has 0 radical (unpaired) electrons. The molecule has 1 saturated heterocycles. The number of nitrogens with zero attached hydrogens (tertiary/aromatic N) is 1. The minimum atomic E-state index is -0.403. The third kappa shape index (κ3) is 5.47. The molecule has 0 aromatic heterocycles. The van der Waals surface area contributed by atoms with E-state index in [9.17, 15) is 4.79 Å². The Morgan fingerprint density at radius 1 is 1.04 bits per heavy atom. The van der Waals surface area contributed by atoms with E-state index >= 15 is 0 Å². The Bertz CT molecular complexity index is 741. The van der Waals surface area contributed by atoms with Crippen LogP contribution in [-0.2, 0) is 0 Å². The second-order valence-electron chi connectivity index (χ2n) is 7.74. The van der Waals surface area contributed by atoms with E-state index in [-0.39, 0.29) is 6.04 Å². The number of anilines is 1. The third-order valence-corrected chi connectivity index (χ3v) is 5.45. The van der Waals surface area contributed by atoms with Crippen LogP contribution < -0.4 is 24.8 Å². The zero-order chi connectivity index (χ0) is 19.9. The zero-order valence-corrected chi connectivity index (χ0v) is 17.1. The van der Waals surface area contributed by atoms with Crippen molar-refractivity contribution in [2.45, 2.75) is 6.04 Å². The summed E-state index contributed by atoms with van der Waals surface area (Å²) in [6, 6.07) is 18.0. The van der Waals surface area contributed by atoms with Gasteiger partial charge in [0.15, 0.2) is 0 Å². The summed E-state index contributed by atoms with van der Waals surface area (Å²) in [5, 5.41) is 2.98. The van der Waals surface area contributed by atoms with Crippen molar-refractivity contribution < 1.29 is 19.3 Å². The Morgan fingerprint density at radius 2 is 1.68 bits per heavy atom. The Hall–Kier alpha value is -2.57. The van der Waals surface area contributed by atoms with Crippen LogP contribution in [0, 0.1) is 0 Å². The molecule has 3 rings (SSSR count). The van der Waals surface area contributed by atoms with Crippen LogP contribution in [0.5, 0.6) is 5.75 Å². The summed E-state index contributed by atoms with van der Waals surface area (Å²) < 4.78 is 5.39. The molecule has 1 aliphatic rings. The number of rotatable bonds is 6. The van der Waals surface area contributed by atoms with Gasteiger partial charge in [-0.2, -0.15) is 0 Å². The fourth-order valence-electron chi connectivity index (χ4n) is 3.67. The van der Waals surface area contributed by atoms with Crippen LogP contribution in [0.15, 0.2) is 54.6 Å². The molecule has 6 heteroatoms. The summed E-state index contributed by atoms with van der Waals surface area (Å²) >= 11 is 0. The van der Waals surface area contributed by atoms with Crippen LogP contribution in [0.25, 0.3) is 0 Å². The summed E-state index contributed by atoms with van der Waals surface area (Å²) in [5.41, 5.74) is 2.43. The molecule has 2 aromatic rings. The fourth-order valence-corrected chi connectivity index (χ4v) is 3.67. The molecule has 150 valence electrons. The van der Waals surface area contributed by atoms with Crippen molar-refractivity contribution in [2.24, 2.45) is 0 Å². The number of piperazine rings is 1. The first kappa shape index (κ1) is 20.2. The molecule has 1 atom stereocenters. The molecule has 0 spiro atoms. The van der Waals surface area contributed by atoms with E-state index in [0.29, 0.717) is 12.3 Å². The monoisotopic (exact) mass is 384 g/mol. The maximum absolute atomic E-state index is 12.3. The van der Waals surface area contributed by atoms with Crippen LogP contribution in [-0.4, -0.2) is 60.0 Å². The van der Waals surface area contributed by atoms with Gasteiger partial charge in [-0.05, 0) is 24.3 Å². The molecular weight excluding hydrogens is 352 g/mol. The lowest BCUT2D eigenvalue weighted by Gasteiger charge is -2.33. The van der Waals surface area contributed by atoms with Crippen LogP contribution in [0.1, 0.15) is 11.6 Å². The number of benzene rings is 2. The highest BCUT2D eigenvalue weighted by atomic mass is 16.6. The van der Waals surface area contributed by atoms with E-state index in [1.807, 2.05) is 32.3 Å². The number of quaternary nitrogens is 2. The molecule has 6 nitrogen and oxygen atoms in total. The highest BCUT2D eigenvalue weighted by Gasteiger charge is 2.29. The molecule has 0 aliphatic carbocycles. The Balaban J connectivity index is 1.68. The van der Waals surface area contributed by atoms with Gasteiger partial charge in [0.1, 0.15) is 38.0 Å². The van der Waals surface area contributed by atoms with Crippen LogP contribution in [0.3, 0.4) is 0 Å². The van der Waals surface area contributed by atoms with E-state index in [1.165, 1.54) is 16.2 Å². The Morgan fingerprint density at radius 3 is 2.29 bits per heavy atom. The molecule has 1 aliphatic heterocycles. The Labute approximate surface area is 167 Å². The quantitative estimate of drug-likeness (QED) is 0.657. The molecule has 1 amide bonds. The van der Waals surface area contributed by atoms with Gasteiger partial charge in [0, 0.05) is 25.3 Å². The van der Waals surface area contributed by atoms with E-state index in [1.54, 1.807) is 17.0 Å². The van der Waals surface area contributed by atoms with Crippen LogP contribution >= 0.6 is 0 Å². The highest BCUT2D eigenvalue weighted by molar-refractivity contribution is 5.70. The highest BCUT2D eigenvalue weighted by Crippen LogP contribution is 2.16. The first-order chi connectivity index (χ1) is 13.5. The van der Waals surface area contributed by atoms with Crippen molar-refractivity contribution in [1.29, 1.82) is 0 Å². The molecule has 0 unspecified atom stereocenters. The van der Waals surface area contributed by atoms with Gasteiger partial charge in [-0.3, -0.25) is 0 Å². The molecule has 28 heavy (non-hydrogen) atoms. The molecule has 0 bridgehead atoms. The van der Waals surface area contributed by atoms with E-state index in [4.69, 9.17) is 4.74 Å². The first-order valence-electron chi connectivity index (χ1n) is 9.97. The van der Waals surface area contributed by atoms with E-state index in [0.717, 1.165) is 26.2 Å². The normalized spacial score (nSPS) is 20.2. The average Bonchev–Trinajstić information content (AvgIpc) is 2.70. The first-order valence-corrected chi connectivity index (χ1v) is 9.97. The molecule has 0 saturated carbocycles. The largest absolute Gasteiger partial charge is 0.412 e. The van der Waals surface area contributed by atoms with Gasteiger partial charge in [0.25, 0.3) is 0 Å². The number of hydrogen-bond acceptors (Lipinski definition) is 3. The lowest BCUT2D eigenvalue weighted by molar-refractivity contribution is -1.02. The maximum Gasteiger partial charge on any atom is 0.412 e. The van der Waals surface area contributed by atoms with Crippen LogP contribution in [0.4, 0.5) is 10.5 Å². The van der Waals surface area contributed by atoms with Gasteiger partial charge >= 0.3 is 6.09 Å². The van der Waals surface area contributed by atoms with Gasteiger partial charge in [0.2, 0.25) is 0 Å². The fraction of sp³-hybridized carbons (Fsp3) is 0.409. The lowest BCUT2D eigenvalue weighted by atomic mass is 10.0. The zero-order valence-electron chi connectivity index (χ0n) is 17.1. The van der Waals surface area contributed by atoms with Crippen molar-refractivity contribution in [3.63, 3.8) is 0 Å². The molecule has 1 fully saturated rings. The van der Waals surface area contributed by atoms with Gasteiger partial charge in [-0.25, -0.2) is 4.79 Å². The third-order valence-electron chi connectivity index (χ3n) is 5.45. The Kier molecular flexibility index (Phi) is 6.90. The van der Waals surface area contributed by atoms with Gasteiger partial charge in [0.05, 0.1) is 13.6 Å². The number of nitrogens with one attached hydrogen (secondary N) is 3. The SMILES string of the molecule is CN(C)c1ccc([C@H](CNC(=O)Oc2ccccc2)[NH+]2CC[NH+](C)CC2)cc1. The summed E-state index contributed by atoms with van der Waals surface area (Å²) in [4.78, 5) is 17.5. The second kappa shape index (κ2) is 9.57. The number of carbonyl (C=O) groups is 1. The van der Waals surface area contributed by atoms with Gasteiger partial charge in [-0.15, -0.1) is 0 Å². The molecule has 3 N–H and O–H groups in total. The minimum absolute atomic E-state index is 0.215. The predicted octanol–water partition coefficient (Wildman–Crippen LogP) is -0.00450. The maximum atomic E-state index is 12.3. The minimum Gasteiger partial charge on any atom is -0.410 e. The number of likely N-dealkylation sites (N-methyl/N-ethyl adjacent to an activating group) is 1. The summed E-state index contributed by atoms with van der Waals surface area (Å²) in [6.45, 7) is 5.05. The predicted molar refractivity (Wildman–Crippen MR) is 111 cm³/mol. The number of hydrogen-bond donors (Lipinski definition) is 3. The molecular formula is C22H32N4O2+2. The summed E-state index contributed by atoms with van der Waals surface area (Å²) in [7, 11) is 6.33. The molecule has 1 heterocycles. The summed E-state index contributed by atoms with van der Waals surface area (Å²) in [5.74, 6) is 0.558. The topological polar surface area (TPSA) is 50.5 Å². The van der Waals surface area contributed by atoms with Crippen molar-refractivity contribution in [2.75, 3.05) is 58.8 Å². The number of para-hydroxylation sites is 1. The van der Waals surface area contributed by atoms with Crippen molar-refractivity contribution in [1.82, 2.24) is 5.32 Å². The van der Waals surface area contributed by atoms with E-state index < -0.39 is 6.09 Å². The number of ether oxygens (including phenoxy) is 1. The smallest absolute Gasteiger partial charge is 0.410 e. The van der Waals surface area contributed by atoms with Gasteiger partial charge < -0.3 is 24.8 Å². The van der Waals surface area contributed by atoms with E-state index in [2.05, 4.69) is 41.5 Å². The van der Waals surface area contributed by atoms with Crippen molar-refractivity contribution >= 4 is 11.8 Å². The number of carbonyl (C=O) groups excluding carboxylic acids is 1. The number of amides is 1. The van der Waals surface area contributed by atoms with Crippen molar-refractivity contribution in [3.8, 4) is 5.75 Å². The van der Waals surface area contributed by atoms with Crippen LogP contribution in [0.2, 0.25) is 0 Å².